The Bertz CT molecular complexity index is 1050. The number of carboxylic acid groups (broad SMARTS) is 1. The summed E-state index contributed by atoms with van der Waals surface area (Å²) in [4.78, 5) is 10.9. The van der Waals surface area contributed by atoms with Crippen molar-refractivity contribution < 1.29 is 27.8 Å². The highest BCUT2D eigenvalue weighted by Gasteiger charge is 2.31. The van der Waals surface area contributed by atoms with Crippen molar-refractivity contribution in [3.05, 3.63) is 59.8 Å². The Hall–Kier alpha value is -3.80. The van der Waals surface area contributed by atoms with Crippen LogP contribution in [0.5, 0.6) is 5.75 Å². The van der Waals surface area contributed by atoms with Crippen molar-refractivity contribution in [2.75, 3.05) is 0 Å². The molecule has 27 heavy (non-hydrogen) atoms. The Kier molecular flexibility index (Phi) is 4.56. The summed E-state index contributed by atoms with van der Waals surface area (Å²) in [6.45, 7) is 0. The molecule has 136 valence electrons. The van der Waals surface area contributed by atoms with Gasteiger partial charge < -0.3 is 9.84 Å². The van der Waals surface area contributed by atoms with E-state index in [1.807, 2.05) is 6.07 Å². The molecule has 0 saturated carbocycles. The molecule has 0 fully saturated rings. The van der Waals surface area contributed by atoms with E-state index in [1.54, 1.807) is 18.2 Å². The highest BCUT2D eigenvalue weighted by Crippen LogP contribution is 2.31. The maximum absolute atomic E-state index is 12.4. The number of halogens is 3. The fourth-order valence-corrected chi connectivity index (χ4v) is 2.49. The molecule has 1 aromatic heterocycles. The number of aromatic amines is 1. The molecule has 9 heteroatoms. The molecule has 0 aliphatic carbocycles. The number of alkyl halides is 3. The van der Waals surface area contributed by atoms with Gasteiger partial charge in [-0.3, -0.25) is 5.10 Å². The van der Waals surface area contributed by atoms with Crippen molar-refractivity contribution in [2.24, 2.45) is 0 Å². The second-order valence-electron chi connectivity index (χ2n) is 5.42. The predicted molar refractivity (Wildman–Crippen MR) is 87.8 cm³/mol. The van der Waals surface area contributed by atoms with E-state index in [1.165, 1.54) is 24.3 Å². The SMILES string of the molecule is N#Cc1cc(-c2cc(C(=O)O)[nH]n2)ccc1-c1cccc(OC(F)(F)F)c1. The fourth-order valence-electron chi connectivity index (χ4n) is 2.49. The third kappa shape index (κ3) is 4.07. The molecule has 0 saturated heterocycles. The molecular formula is C18H10F3N3O3. The third-order valence-electron chi connectivity index (χ3n) is 3.62. The summed E-state index contributed by atoms with van der Waals surface area (Å²) in [7, 11) is 0. The maximum Gasteiger partial charge on any atom is 0.573 e. The summed E-state index contributed by atoms with van der Waals surface area (Å²) in [6.07, 6.45) is -4.82. The van der Waals surface area contributed by atoms with Crippen molar-refractivity contribution in [3.8, 4) is 34.2 Å². The van der Waals surface area contributed by atoms with Crippen molar-refractivity contribution in [3.63, 3.8) is 0 Å². The first kappa shape index (κ1) is 18.0. The van der Waals surface area contributed by atoms with Gasteiger partial charge in [-0.2, -0.15) is 10.4 Å². The van der Waals surface area contributed by atoms with Crippen molar-refractivity contribution >= 4 is 5.97 Å². The van der Waals surface area contributed by atoms with Gasteiger partial charge in [-0.1, -0.05) is 24.3 Å². The molecule has 3 rings (SSSR count). The monoisotopic (exact) mass is 373 g/mol. The summed E-state index contributed by atoms with van der Waals surface area (Å²) in [5, 5.41) is 24.6. The number of aromatic nitrogens is 2. The topological polar surface area (TPSA) is 99.0 Å². The Morgan fingerprint density at radius 2 is 1.93 bits per heavy atom. The standard InChI is InChI=1S/C18H10F3N3O3/c19-18(20,21)27-13-3-1-2-10(7-13)14-5-4-11(6-12(14)9-22)15-8-16(17(25)26)24-23-15/h1-8H,(H,23,24)(H,25,26). The lowest BCUT2D eigenvalue weighted by Gasteiger charge is -2.11. The quantitative estimate of drug-likeness (QED) is 0.714. The highest BCUT2D eigenvalue weighted by atomic mass is 19.4. The van der Waals surface area contributed by atoms with Crippen LogP contribution >= 0.6 is 0 Å². The van der Waals surface area contributed by atoms with E-state index in [2.05, 4.69) is 14.9 Å². The average Bonchev–Trinajstić information content (AvgIpc) is 3.10. The van der Waals surface area contributed by atoms with E-state index in [9.17, 15) is 23.2 Å². The van der Waals surface area contributed by atoms with Crippen LogP contribution in [-0.2, 0) is 0 Å². The van der Waals surface area contributed by atoms with E-state index in [4.69, 9.17) is 5.11 Å². The van der Waals surface area contributed by atoms with Crippen LogP contribution in [0.25, 0.3) is 22.4 Å². The summed E-state index contributed by atoms with van der Waals surface area (Å²) >= 11 is 0. The molecular weight excluding hydrogens is 363 g/mol. The maximum atomic E-state index is 12.4. The Labute approximate surface area is 150 Å². The highest BCUT2D eigenvalue weighted by molar-refractivity contribution is 5.87. The van der Waals surface area contributed by atoms with Gasteiger partial charge in [-0.25, -0.2) is 4.79 Å². The summed E-state index contributed by atoms with van der Waals surface area (Å²) in [5.41, 5.74) is 1.67. The minimum absolute atomic E-state index is 0.107. The Morgan fingerprint density at radius 1 is 1.15 bits per heavy atom. The van der Waals surface area contributed by atoms with Crippen LogP contribution in [0, 0.1) is 11.3 Å². The molecule has 0 aliphatic heterocycles. The second-order valence-corrected chi connectivity index (χ2v) is 5.42. The molecule has 0 unspecified atom stereocenters. The number of nitrogens with zero attached hydrogens (tertiary/aromatic N) is 2. The molecule has 0 spiro atoms. The van der Waals surface area contributed by atoms with Crippen LogP contribution in [0.3, 0.4) is 0 Å². The second kappa shape index (κ2) is 6.84. The van der Waals surface area contributed by atoms with Gasteiger partial charge in [0, 0.05) is 5.56 Å². The average molecular weight is 373 g/mol. The Morgan fingerprint density at radius 3 is 2.56 bits per heavy atom. The number of H-pyrrole nitrogens is 1. The van der Waals surface area contributed by atoms with Crippen molar-refractivity contribution in [1.82, 2.24) is 10.2 Å². The number of benzene rings is 2. The number of hydrogen-bond donors (Lipinski definition) is 2. The van der Waals surface area contributed by atoms with Crippen molar-refractivity contribution in [1.29, 1.82) is 5.26 Å². The summed E-state index contributed by atoms with van der Waals surface area (Å²) in [6, 6.07) is 13.2. The van der Waals surface area contributed by atoms with Gasteiger partial charge in [0.05, 0.1) is 17.3 Å². The van der Waals surface area contributed by atoms with E-state index < -0.39 is 18.1 Å². The van der Waals surface area contributed by atoms with Gasteiger partial charge >= 0.3 is 12.3 Å². The minimum atomic E-state index is -4.82. The van der Waals surface area contributed by atoms with Crippen LogP contribution in [0.2, 0.25) is 0 Å². The lowest BCUT2D eigenvalue weighted by Crippen LogP contribution is -2.17. The molecule has 2 aromatic carbocycles. The number of nitriles is 1. The molecule has 3 aromatic rings. The van der Waals surface area contributed by atoms with E-state index >= 15 is 0 Å². The number of rotatable bonds is 4. The van der Waals surface area contributed by atoms with Gasteiger partial charge in [0.15, 0.2) is 0 Å². The largest absolute Gasteiger partial charge is 0.573 e. The Balaban J connectivity index is 1.99. The number of hydrogen-bond acceptors (Lipinski definition) is 4. The van der Waals surface area contributed by atoms with Crippen LogP contribution in [0.4, 0.5) is 13.2 Å². The van der Waals surface area contributed by atoms with Gasteiger partial charge in [-0.05, 0) is 35.4 Å². The number of ether oxygens (including phenoxy) is 1. The molecule has 2 N–H and O–H groups in total. The molecule has 0 bridgehead atoms. The molecule has 0 amide bonds. The molecule has 0 atom stereocenters. The van der Waals surface area contributed by atoms with Gasteiger partial charge in [-0.15, -0.1) is 13.2 Å². The van der Waals surface area contributed by atoms with Gasteiger partial charge in [0.2, 0.25) is 0 Å². The fraction of sp³-hybridized carbons (Fsp3) is 0.0556. The van der Waals surface area contributed by atoms with Crippen LogP contribution in [-0.4, -0.2) is 27.6 Å². The van der Waals surface area contributed by atoms with Crippen LogP contribution < -0.4 is 4.74 Å². The number of carbonyl (C=O) groups is 1. The van der Waals surface area contributed by atoms with E-state index in [0.717, 1.165) is 6.07 Å². The summed E-state index contributed by atoms with van der Waals surface area (Å²) < 4.78 is 41.1. The first-order valence-electron chi connectivity index (χ1n) is 7.46. The summed E-state index contributed by atoms with van der Waals surface area (Å²) in [5.74, 6) is -1.57. The minimum Gasteiger partial charge on any atom is -0.477 e. The molecule has 0 radical (unpaired) electrons. The number of nitrogens with one attached hydrogen (secondary N) is 1. The zero-order chi connectivity index (χ0) is 19.6. The van der Waals surface area contributed by atoms with Gasteiger partial charge in [0.1, 0.15) is 11.4 Å². The number of carboxylic acids is 1. The smallest absolute Gasteiger partial charge is 0.477 e. The molecule has 0 aliphatic rings. The van der Waals surface area contributed by atoms with Crippen LogP contribution in [0.15, 0.2) is 48.5 Å². The zero-order valence-electron chi connectivity index (χ0n) is 13.4. The third-order valence-corrected chi connectivity index (χ3v) is 3.62. The molecule has 6 nitrogen and oxygen atoms in total. The van der Waals surface area contributed by atoms with E-state index in [-0.39, 0.29) is 11.3 Å². The first-order chi connectivity index (χ1) is 12.8. The number of aromatic carboxylic acids is 1. The lowest BCUT2D eigenvalue weighted by molar-refractivity contribution is -0.274. The van der Waals surface area contributed by atoms with E-state index in [0.29, 0.717) is 22.4 Å². The lowest BCUT2D eigenvalue weighted by atomic mass is 9.97. The zero-order valence-corrected chi connectivity index (χ0v) is 13.4. The van der Waals surface area contributed by atoms with Gasteiger partial charge in [0.25, 0.3) is 0 Å². The van der Waals surface area contributed by atoms with Crippen molar-refractivity contribution in [2.45, 2.75) is 6.36 Å². The van der Waals surface area contributed by atoms with Crippen LogP contribution in [0.1, 0.15) is 16.1 Å². The first-order valence-corrected chi connectivity index (χ1v) is 7.46. The normalized spacial score (nSPS) is 11.0. The molecule has 1 heterocycles. The predicted octanol–water partition coefficient (Wildman–Crippen LogP) is 4.21.